The van der Waals surface area contributed by atoms with Crippen LogP contribution in [0.25, 0.3) is 0 Å². The van der Waals surface area contributed by atoms with Gasteiger partial charge >= 0.3 is 0 Å². The first-order valence-corrected chi connectivity index (χ1v) is 12.6. The molecule has 0 amide bonds. The van der Waals surface area contributed by atoms with Crippen LogP contribution in [0.1, 0.15) is 43.8 Å². The summed E-state index contributed by atoms with van der Waals surface area (Å²) in [5.74, 6) is 3.62. The summed E-state index contributed by atoms with van der Waals surface area (Å²) >= 11 is 0. The molecule has 9 nitrogen and oxygen atoms in total. The molecule has 1 aromatic heterocycles. The van der Waals surface area contributed by atoms with E-state index in [0.717, 1.165) is 82.4 Å². The molecule has 4 heterocycles. The molecule has 9 heteroatoms. The number of nitrogens with zero attached hydrogens (tertiary/aromatic N) is 7. The number of morpholine rings is 1. The molecule has 4 rings (SSSR count). The van der Waals surface area contributed by atoms with Crippen molar-refractivity contribution < 1.29 is 4.74 Å². The van der Waals surface area contributed by atoms with Crippen molar-refractivity contribution in [2.75, 3.05) is 72.1 Å². The van der Waals surface area contributed by atoms with E-state index in [-0.39, 0.29) is 0 Å². The topological polar surface area (TPSA) is 74.0 Å². The summed E-state index contributed by atoms with van der Waals surface area (Å²) in [4.78, 5) is 12.6. The van der Waals surface area contributed by atoms with Crippen molar-refractivity contribution in [3.8, 4) is 0 Å². The molecule has 0 bridgehead atoms. The highest BCUT2D eigenvalue weighted by atomic mass is 16.5. The predicted molar refractivity (Wildman–Crippen MR) is 127 cm³/mol. The second kappa shape index (κ2) is 12.0. The average Bonchev–Trinajstić information content (AvgIpc) is 3.41. The van der Waals surface area contributed by atoms with Gasteiger partial charge in [0.1, 0.15) is 12.4 Å². The third-order valence-electron chi connectivity index (χ3n) is 7.14. The Morgan fingerprint density at radius 2 is 1.88 bits per heavy atom. The number of ether oxygens (including phenoxy) is 1. The molecule has 1 atom stereocenters. The summed E-state index contributed by atoms with van der Waals surface area (Å²) < 4.78 is 7.49. The molecule has 0 aromatic carbocycles. The molecule has 0 radical (unpaired) electrons. The molecule has 3 fully saturated rings. The summed E-state index contributed by atoms with van der Waals surface area (Å²) in [6.07, 6.45) is 6.51. The fourth-order valence-corrected chi connectivity index (χ4v) is 5.01. The zero-order valence-electron chi connectivity index (χ0n) is 20.1. The maximum Gasteiger partial charge on any atom is 0.194 e. The quantitative estimate of drug-likeness (QED) is 0.364. The minimum atomic E-state index is 0.566. The van der Waals surface area contributed by atoms with Crippen molar-refractivity contribution in [3.05, 3.63) is 11.6 Å². The number of aromatic nitrogens is 3. The summed E-state index contributed by atoms with van der Waals surface area (Å²) in [7, 11) is 2.01. The molecule has 32 heavy (non-hydrogen) atoms. The Kier molecular flexibility index (Phi) is 8.76. The van der Waals surface area contributed by atoms with Gasteiger partial charge in [0.15, 0.2) is 11.8 Å². The summed E-state index contributed by atoms with van der Waals surface area (Å²) in [6.45, 7) is 14.4. The zero-order valence-corrected chi connectivity index (χ0v) is 20.1. The Hall–Kier alpha value is -1.71. The van der Waals surface area contributed by atoms with E-state index in [4.69, 9.17) is 9.73 Å². The monoisotopic (exact) mass is 446 g/mol. The van der Waals surface area contributed by atoms with Crippen LogP contribution in [0.5, 0.6) is 0 Å². The zero-order chi connectivity index (χ0) is 22.2. The molecule has 3 aliphatic heterocycles. The number of guanidine groups is 1. The smallest absolute Gasteiger partial charge is 0.194 e. The van der Waals surface area contributed by atoms with E-state index in [1.54, 1.807) is 0 Å². The van der Waals surface area contributed by atoms with Crippen molar-refractivity contribution >= 4 is 5.96 Å². The van der Waals surface area contributed by atoms with Crippen LogP contribution in [0.4, 0.5) is 0 Å². The first kappa shape index (κ1) is 23.4. The van der Waals surface area contributed by atoms with E-state index < -0.39 is 0 Å². The Balaban J connectivity index is 1.31. The van der Waals surface area contributed by atoms with Gasteiger partial charge in [-0.3, -0.25) is 4.90 Å². The van der Waals surface area contributed by atoms with Crippen LogP contribution in [0.3, 0.4) is 0 Å². The standard InChI is InChI=1S/C23H42N8O/c1-20-26-27-22(28(20)2)17-25-23(24-8-6-11-29-13-15-32-16-14-29)31-12-7-21(19-31)18-30-9-4-3-5-10-30/h21H,3-19H2,1-2H3,(H,24,25). The molecule has 0 saturated carbocycles. The SMILES string of the molecule is Cc1nnc(CN=C(NCCCN2CCOCC2)N2CCC(CN3CCCCC3)C2)n1C. The number of likely N-dealkylation sites (tertiary alicyclic amines) is 2. The van der Waals surface area contributed by atoms with Gasteiger partial charge in [-0.2, -0.15) is 0 Å². The fourth-order valence-electron chi connectivity index (χ4n) is 5.01. The van der Waals surface area contributed by atoms with Gasteiger partial charge in [0.25, 0.3) is 0 Å². The normalized spacial score (nSPS) is 23.8. The van der Waals surface area contributed by atoms with Crippen molar-refractivity contribution in [3.63, 3.8) is 0 Å². The van der Waals surface area contributed by atoms with Crippen LogP contribution in [-0.4, -0.2) is 108 Å². The minimum absolute atomic E-state index is 0.566. The van der Waals surface area contributed by atoms with Crippen LogP contribution < -0.4 is 5.32 Å². The van der Waals surface area contributed by atoms with Crippen molar-refractivity contribution in [1.29, 1.82) is 0 Å². The number of hydrogen-bond donors (Lipinski definition) is 1. The molecular weight excluding hydrogens is 404 g/mol. The van der Waals surface area contributed by atoms with Gasteiger partial charge in [-0.1, -0.05) is 6.42 Å². The molecule has 1 N–H and O–H groups in total. The van der Waals surface area contributed by atoms with Crippen molar-refractivity contribution in [1.82, 2.24) is 34.8 Å². The van der Waals surface area contributed by atoms with Crippen molar-refractivity contribution in [2.45, 2.75) is 45.6 Å². The fraction of sp³-hybridized carbons (Fsp3) is 0.870. The second-order valence-electron chi connectivity index (χ2n) is 9.56. The summed E-state index contributed by atoms with van der Waals surface area (Å²) in [5.41, 5.74) is 0. The molecule has 0 aliphatic carbocycles. The molecule has 180 valence electrons. The molecule has 1 aromatic rings. The summed E-state index contributed by atoms with van der Waals surface area (Å²) in [6, 6.07) is 0. The lowest BCUT2D eigenvalue weighted by Gasteiger charge is -2.29. The van der Waals surface area contributed by atoms with Gasteiger partial charge in [0, 0.05) is 46.3 Å². The number of rotatable bonds is 8. The maximum atomic E-state index is 5.46. The molecule has 3 saturated heterocycles. The molecule has 3 aliphatic rings. The van der Waals surface area contributed by atoms with E-state index >= 15 is 0 Å². The third kappa shape index (κ3) is 6.65. The largest absolute Gasteiger partial charge is 0.379 e. The van der Waals surface area contributed by atoms with E-state index in [0.29, 0.717) is 6.54 Å². The van der Waals surface area contributed by atoms with Gasteiger partial charge in [-0.05, 0) is 58.2 Å². The highest BCUT2D eigenvalue weighted by molar-refractivity contribution is 5.80. The summed E-state index contributed by atoms with van der Waals surface area (Å²) in [5, 5.41) is 12.2. The second-order valence-corrected chi connectivity index (χ2v) is 9.56. The lowest BCUT2D eigenvalue weighted by Crippen LogP contribution is -2.43. The van der Waals surface area contributed by atoms with Gasteiger partial charge in [-0.15, -0.1) is 10.2 Å². The first-order chi connectivity index (χ1) is 15.7. The van der Waals surface area contributed by atoms with Gasteiger partial charge in [-0.25, -0.2) is 4.99 Å². The van der Waals surface area contributed by atoms with E-state index in [2.05, 4.69) is 30.2 Å². The number of piperidine rings is 1. The minimum Gasteiger partial charge on any atom is -0.379 e. The molecule has 1 unspecified atom stereocenters. The van der Waals surface area contributed by atoms with E-state index in [9.17, 15) is 0 Å². The number of aryl methyl sites for hydroxylation is 1. The maximum absolute atomic E-state index is 5.46. The van der Waals surface area contributed by atoms with Gasteiger partial charge < -0.3 is 24.4 Å². The highest BCUT2D eigenvalue weighted by Gasteiger charge is 2.27. The number of hydrogen-bond acceptors (Lipinski definition) is 6. The average molecular weight is 447 g/mol. The lowest BCUT2D eigenvalue weighted by atomic mass is 10.1. The van der Waals surface area contributed by atoms with Crippen LogP contribution in [0.15, 0.2) is 4.99 Å². The number of nitrogens with one attached hydrogen (secondary N) is 1. The Labute approximate surface area is 193 Å². The van der Waals surface area contributed by atoms with Gasteiger partial charge in [0.2, 0.25) is 0 Å². The van der Waals surface area contributed by atoms with E-state index in [1.807, 2.05) is 18.5 Å². The van der Waals surface area contributed by atoms with Crippen LogP contribution in [0.2, 0.25) is 0 Å². The Morgan fingerprint density at radius 3 is 2.62 bits per heavy atom. The van der Waals surface area contributed by atoms with Crippen LogP contribution in [0, 0.1) is 12.8 Å². The lowest BCUT2D eigenvalue weighted by molar-refractivity contribution is 0.0375. The molecular formula is C23H42N8O. The molecule has 0 spiro atoms. The van der Waals surface area contributed by atoms with Gasteiger partial charge in [0.05, 0.1) is 13.2 Å². The van der Waals surface area contributed by atoms with Crippen molar-refractivity contribution in [2.24, 2.45) is 18.0 Å². The number of aliphatic imine (C=N–C) groups is 1. The highest BCUT2D eigenvalue weighted by Crippen LogP contribution is 2.20. The van der Waals surface area contributed by atoms with Crippen LogP contribution >= 0.6 is 0 Å². The Bertz CT molecular complexity index is 724. The van der Waals surface area contributed by atoms with Crippen LogP contribution in [-0.2, 0) is 18.3 Å². The van der Waals surface area contributed by atoms with E-state index in [1.165, 1.54) is 45.3 Å². The Morgan fingerprint density at radius 1 is 1.06 bits per heavy atom. The first-order valence-electron chi connectivity index (χ1n) is 12.6. The predicted octanol–water partition coefficient (Wildman–Crippen LogP) is 1.10. The third-order valence-corrected chi connectivity index (χ3v) is 7.14.